The van der Waals surface area contributed by atoms with E-state index in [1.165, 1.54) is 55.5 Å². The highest BCUT2D eigenvalue weighted by Gasteiger charge is 2.47. The summed E-state index contributed by atoms with van der Waals surface area (Å²) in [4.78, 5) is 40.1. The SMILES string of the molecule is CCOC(=O)c1ccc(N2C(=O)C(=O)/C(=C(/O)c3c(OC)cccc3OC)C2c2ccc(O)cc2)cc1. The molecule has 4 rings (SSSR count). The van der Waals surface area contributed by atoms with Gasteiger partial charge < -0.3 is 24.4 Å². The lowest BCUT2D eigenvalue weighted by Gasteiger charge is -2.26. The van der Waals surface area contributed by atoms with E-state index in [0.717, 1.165) is 0 Å². The summed E-state index contributed by atoms with van der Waals surface area (Å²) in [7, 11) is 2.82. The van der Waals surface area contributed by atoms with E-state index in [0.29, 0.717) is 11.3 Å². The van der Waals surface area contributed by atoms with Crippen LogP contribution in [-0.2, 0) is 14.3 Å². The number of hydrogen-bond donors (Lipinski definition) is 2. The lowest BCUT2D eigenvalue weighted by atomic mass is 9.94. The number of phenols is 1. The molecule has 1 fully saturated rings. The summed E-state index contributed by atoms with van der Waals surface area (Å²) >= 11 is 0. The fourth-order valence-corrected chi connectivity index (χ4v) is 4.26. The number of methoxy groups -OCH3 is 2. The number of anilines is 1. The van der Waals surface area contributed by atoms with E-state index in [9.17, 15) is 24.6 Å². The second-order valence-electron chi connectivity index (χ2n) is 8.07. The number of Topliss-reactive ketones (excluding diaryl/α,β-unsaturated/α-hetero) is 1. The Bertz CT molecular complexity index is 1350. The van der Waals surface area contributed by atoms with Crippen molar-refractivity contribution in [2.75, 3.05) is 25.7 Å². The van der Waals surface area contributed by atoms with Crippen molar-refractivity contribution in [3.63, 3.8) is 0 Å². The Labute approximate surface area is 213 Å². The van der Waals surface area contributed by atoms with Gasteiger partial charge in [0.1, 0.15) is 28.6 Å². The molecule has 1 saturated heterocycles. The Morgan fingerprint density at radius 3 is 2.05 bits per heavy atom. The van der Waals surface area contributed by atoms with Gasteiger partial charge in [0.15, 0.2) is 0 Å². The van der Waals surface area contributed by atoms with Crippen molar-refractivity contribution in [2.45, 2.75) is 13.0 Å². The van der Waals surface area contributed by atoms with Crippen LogP contribution in [0.5, 0.6) is 17.2 Å². The molecular formula is C28H25NO8. The standard InChI is InChI=1S/C28H25NO8/c1-4-37-28(34)17-8-12-18(13-9-17)29-24(16-10-14-19(30)15-11-16)23(26(32)27(29)33)25(31)22-20(35-2)6-5-7-21(22)36-3/h5-15,24,30-31H,4H2,1-3H3/b25-23+. The van der Waals surface area contributed by atoms with Crippen molar-refractivity contribution in [2.24, 2.45) is 0 Å². The van der Waals surface area contributed by atoms with Crippen LogP contribution in [0.3, 0.4) is 0 Å². The summed E-state index contributed by atoms with van der Waals surface area (Å²) in [6.45, 7) is 1.91. The molecule has 190 valence electrons. The summed E-state index contributed by atoms with van der Waals surface area (Å²) in [6, 6.07) is 15.8. The third-order valence-electron chi connectivity index (χ3n) is 5.97. The predicted octanol–water partition coefficient (Wildman–Crippen LogP) is 4.21. The third-order valence-corrected chi connectivity index (χ3v) is 5.97. The van der Waals surface area contributed by atoms with Gasteiger partial charge in [0.2, 0.25) is 0 Å². The number of carbonyl (C=O) groups is 3. The molecule has 9 heteroatoms. The fourth-order valence-electron chi connectivity index (χ4n) is 4.26. The average Bonchev–Trinajstić information content (AvgIpc) is 3.18. The maximum atomic E-state index is 13.4. The molecule has 0 bridgehead atoms. The van der Waals surface area contributed by atoms with Crippen LogP contribution in [0.1, 0.15) is 34.5 Å². The summed E-state index contributed by atoms with van der Waals surface area (Å²) < 4.78 is 15.8. The van der Waals surface area contributed by atoms with Gasteiger partial charge in [-0.2, -0.15) is 0 Å². The van der Waals surface area contributed by atoms with Crippen LogP contribution in [0.4, 0.5) is 5.69 Å². The van der Waals surface area contributed by atoms with Gasteiger partial charge in [-0.25, -0.2) is 4.79 Å². The minimum absolute atomic E-state index is 0.00844. The van der Waals surface area contributed by atoms with Crippen molar-refractivity contribution < 1.29 is 38.8 Å². The Balaban J connectivity index is 1.93. The fraction of sp³-hybridized carbons (Fsp3) is 0.179. The second kappa shape index (κ2) is 10.4. The number of ether oxygens (including phenoxy) is 3. The van der Waals surface area contributed by atoms with E-state index in [1.54, 1.807) is 37.3 Å². The zero-order valence-corrected chi connectivity index (χ0v) is 20.4. The van der Waals surface area contributed by atoms with E-state index < -0.39 is 29.5 Å². The second-order valence-corrected chi connectivity index (χ2v) is 8.07. The van der Waals surface area contributed by atoms with Crippen LogP contribution in [-0.4, -0.2) is 48.7 Å². The molecule has 37 heavy (non-hydrogen) atoms. The molecule has 0 spiro atoms. The number of carbonyl (C=O) groups excluding carboxylic acids is 3. The predicted molar refractivity (Wildman–Crippen MR) is 135 cm³/mol. The maximum Gasteiger partial charge on any atom is 0.338 e. The van der Waals surface area contributed by atoms with Crippen LogP contribution in [0, 0.1) is 0 Å². The topological polar surface area (TPSA) is 123 Å². The van der Waals surface area contributed by atoms with Gasteiger partial charge in [0, 0.05) is 5.69 Å². The summed E-state index contributed by atoms with van der Waals surface area (Å²) in [5.41, 5.74) is 0.989. The molecule has 3 aromatic carbocycles. The molecule has 1 atom stereocenters. The van der Waals surface area contributed by atoms with Gasteiger partial charge in [-0.1, -0.05) is 18.2 Å². The van der Waals surface area contributed by atoms with E-state index in [1.807, 2.05) is 0 Å². The monoisotopic (exact) mass is 503 g/mol. The number of esters is 1. The Kier molecular flexibility index (Phi) is 7.15. The third kappa shape index (κ3) is 4.58. The van der Waals surface area contributed by atoms with Crippen molar-refractivity contribution in [3.8, 4) is 17.2 Å². The van der Waals surface area contributed by atoms with Crippen LogP contribution in [0.2, 0.25) is 0 Å². The quantitative estimate of drug-likeness (QED) is 0.213. The molecule has 1 amide bonds. The molecule has 1 unspecified atom stereocenters. The summed E-state index contributed by atoms with van der Waals surface area (Å²) in [6.07, 6.45) is 0. The molecule has 3 aromatic rings. The number of ketones is 1. The van der Waals surface area contributed by atoms with Crippen molar-refractivity contribution in [1.82, 2.24) is 0 Å². The first-order valence-electron chi connectivity index (χ1n) is 11.4. The molecule has 2 N–H and O–H groups in total. The first-order valence-corrected chi connectivity index (χ1v) is 11.4. The van der Waals surface area contributed by atoms with Crippen LogP contribution in [0.25, 0.3) is 5.76 Å². The number of rotatable bonds is 7. The van der Waals surface area contributed by atoms with Crippen molar-refractivity contribution >= 4 is 29.1 Å². The van der Waals surface area contributed by atoms with Crippen molar-refractivity contribution in [3.05, 3.63) is 89.0 Å². The van der Waals surface area contributed by atoms with E-state index >= 15 is 0 Å². The number of phenolic OH excluding ortho intramolecular Hbond substituents is 1. The molecule has 1 aliphatic heterocycles. The molecule has 0 aliphatic carbocycles. The smallest absolute Gasteiger partial charge is 0.338 e. The van der Waals surface area contributed by atoms with Gasteiger partial charge in [0.05, 0.1) is 38.0 Å². The minimum Gasteiger partial charge on any atom is -0.508 e. The molecule has 0 saturated carbocycles. The lowest BCUT2D eigenvalue weighted by Crippen LogP contribution is -2.29. The van der Waals surface area contributed by atoms with Gasteiger partial charge in [-0.05, 0) is 61.0 Å². The van der Waals surface area contributed by atoms with Gasteiger partial charge in [-0.15, -0.1) is 0 Å². The number of benzene rings is 3. The normalized spacial score (nSPS) is 16.5. The molecule has 1 aliphatic rings. The molecule has 1 heterocycles. The molecule has 0 radical (unpaired) electrons. The number of aliphatic hydroxyl groups excluding tert-OH is 1. The van der Waals surface area contributed by atoms with E-state index in [-0.39, 0.29) is 40.6 Å². The van der Waals surface area contributed by atoms with Crippen molar-refractivity contribution in [1.29, 1.82) is 0 Å². The number of hydrogen-bond acceptors (Lipinski definition) is 8. The lowest BCUT2D eigenvalue weighted by molar-refractivity contribution is -0.132. The number of nitrogens with zero attached hydrogens (tertiary/aromatic N) is 1. The summed E-state index contributed by atoms with van der Waals surface area (Å²) in [5, 5.41) is 21.3. The van der Waals surface area contributed by atoms with E-state index in [2.05, 4.69) is 0 Å². The number of aromatic hydroxyl groups is 1. The van der Waals surface area contributed by atoms with Gasteiger partial charge in [0.25, 0.3) is 11.7 Å². The Morgan fingerprint density at radius 1 is 0.919 bits per heavy atom. The molecular weight excluding hydrogens is 478 g/mol. The minimum atomic E-state index is -1.05. The van der Waals surface area contributed by atoms with Gasteiger partial charge >= 0.3 is 5.97 Å². The number of aliphatic hydroxyl groups is 1. The zero-order chi connectivity index (χ0) is 26.7. The highest BCUT2D eigenvalue weighted by atomic mass is 16.5. The maximum absolute atomic E-state index is 13.4. The first-order chi connectivity index (χ1) is 17.8. The van der Waals surface area contributed by atoms with E-state index in [4.69, 9.17) is 14.2 Å². The highest BCUT2D eigenvalue weighted by molar-refractivity contribution is 6.51. The highest BCUT2D eigenvalue weighted by Crippen LogP contribution is 2.45. The van der Waals surface area contributed by atoms with Gasteiger partial charge in [-0.3, -0.25) is 14.5 Å². The summed E-state index contributed by atoms with van der Waals surface area (Å²) in [5.74, 6) is -2.32. The number of amides is 1. The molecule has 9 nitrogen and oxygen atoms in total. The van der Waals surface area contributed by atoms with Crippen LogP contribution >= 0.6 is 0 Å². The first kappa shape index (κ1) is 25.3. The van der Waals surface area contributed by atoms with Crippen LogP contribution < -0.4 is 14.4 Å². The Hall–Kier alpha value is -4.79. The molecule has 0 aromatic heterocycles. The Morgan fingerprint density at radius 2 is 1.51 bits per heavy atom. The zero-order valence-electron chi connectivity index (χ0n) is 20.4. The average molecular weight is 504 g/mol. The van der Waals surface area contributed by atoms with Crippen LogP contribution in [0.15, 0.2) is 72.3 Å². The largest absolute Gasteiger partial charge is 0.508 e.